The first-order valence-electron chi connectivity index (χ1n) is 6.82. The smallest absolute Gasteiger partial charge is 0.330 e. The molecule has 0 aromatic heterocycles. The number of ether oxygens (including phenoxy) is 1. The van der Waals surface area contributed by atoms with Gasteiger partial charge in [-0.2, -0.15) is 0 Å². The van der Waals surface area contributed by atoms with Crippen LogP contribution in [0, 0.1) is 5.92 Å². The van der Waals surface area contributed by atoms with Gasteiger partial charge in [-0.15, -0.1) is 0 Å². The van der Waals surface area contributed by atoms with Crippen molar-refractivity contribution in [2.75, 3.05) is 7.11 Å². The lowest BCUT2D eigenvalue weighted by Crippen LogP contribution is -2.56. The number of esters is 1. The Morgan fingerprint density at radius 1 is 1.30 bits per heavy atom. The summed E-state index contributed by atoms with van der Waals surface area (Å²) in [5.41, 5.74) is 0.888. The fraction of sp³-hybridized carbons (Fsp3) is 0.267. The highest BCUT2D eigenvalue weighted by molar-refractivity contribution is 7.80. The highest BCUT2D eigenvalue weighted by atomic mass is 32.1. The van der Waals surface area contributed by atoms with Gasteiger partial charge in [0, 0.05) is 12.6 Å². The van der Waals surface area contributed by atoms with Gasteiger partial charge in [0.05, 0.1) is 7.11 Å². The quantitative estimate of drug-likeness (QED) is 0.342. The Labute approximate surface area is 138 Å². The molecule has 0 bridgehead atoms. The van der Waals surface area contributed by atoms with E-state index in [0.717, 1.165) is 11.8 Å². The number of hydrogen-bond donors (Lipinski definition) is 2. The van der Waals surface area contributed by atoms with E-state index in [2.05, 4.69) is 15.6 Å². The van der Waals surface area contributed by atoms with Gasteiger partial charge in [-0.3, -0.25) is 14.6 Å². The maximum atomic E-state index is 11.8. The van der Waals surface area contributed by atoms with Crippen molar-refractivity contribution in [2.24, 2.45) is 10.9 Å². The van der Waals surface area contributed by atoms with Gasteiger partial charge in [-0.25, -0.2) is 4.79 Å². The van der Waals surface area contributed by atoms with E-state index < -0.39 is 29.7 Å². The molecule has 0 saturated carbocycles. The number of methoxy groups -OCH3 is 1. The summed E-state index contributed by atoms with van der Waals surface area (Å²) in [4.78, 5) is 39.4. The van der Waals surface area contributed by atoms with E-state index in [0.29, 0.717) is 6.42 Å². The monoisotopic (exact) mass is 333 g/mol. The minimum atomic E-state index is -1.13. The fourth-order valence-corrected chi connectivity index (χ4v) is 2.23. The number of nitrogens with one attached hydrogen (secondary N) is 2. The average Bonchev–Trinajstić information content (AvgIpc) is 2.53. The van der Waals surface area contributed by atoms with E-state index in [4.69, 9.17) is 17.0 Å². The van der Waals surface area contributed by atoms with Crippen LogP contribution in [0.4, 0.5) is 0 Å². The normalized spacial score (nSPS) is 16.8. The van der Waals surface area contributed by atoms with Crippen LogP contribution in [0.15, 0.2) is 35.3 Å². The SMILES string of the molecule is COC(=O)[C@@H](Cc1ccccc1)N=CC1C(=O)NC(=S)NC1=O. The summed E-state index contributed by atoms with van der Waals surface area (Å²) < 4.78 is 4.72. The second-order valence-electron chi connectivity index (χ2n) is 4.81. The molecule has 7 nitrogen and oxygen atoms in total. The third kappa shape index (κ3) is 4.43. The number of benzene rings is 1. The molecule has 2 rings (SSSR count). The lowest BCUT2D eigenvalue weighted by molar-refractivity contribution is -0.142. The lowest BCUT2D eigenvalue weighted by Gasteiger charge is -2.20. The van der Waals surface area contributed by atoms with Gasteiger partial charge in [0.25, 0.3) is 0 Å². The van der Waals surface area contributed by atoms with Crippen molar-refractivity contribution in [2.45, 2.75) is 12.5 Å². The zero-order valence-corrected chi connectivity index (χ0v) is 13.1. The molecule has 1 aliphatic rings. The second-order valence-corrected chi connectivity index (χ2v) is 5.22. The first-order valence-corrected chi connectivity index (χ1v) is 7.23. The molecule has 1 fully saturated rings. The van der Waals surface area contributed by atoms with E-state index >= 15 is 0 Å². The van der Waals surface area contributed by atoms with Crippen molar-refractivity contribution in [3.8, 4) is 0 Å². The van der Waals surface area contributed by atoms with Crippen LogP contribution in [0.5, 0.6) is 0 Å². The predicted molar refractivity (Wildman–Crippen MR) is 86.8 cm³/mol. The summed E-state index contributed by atoms with van der Waals surface area (Å²) >= 11 is 4.71. The Morgan fingerprint density at radius 3 is 2.48 bits per heavy atom. The van der Waals surface area contributed by atoms with Crippen molar-refractivity contribution < 1.29 is 19.1 Å². The molecule has 1 aromatic rings. The molecule has 2 amide bonds. The Kier molecular flexibility index (Phi) is 5.53. The van der Waals surface area contributed by atoms with Crippen LogP contribution in [0.1, 0.15) is 5.56 Å². The van der Waals surface area contributed by atoms with Crippen molar-refractivity contribution >= 4 is 41.3 Å². The Bertz CT molecular complexity index is 640. The molecule has 23 heavy (non-hydrogen) atoms. The largest absolute Gasteiger partial charge is 0.467 e. The Hall–Kier alpha value is -2.61. The number of hydrogen-bond acceptors (Lipinski definition) is 6. The second kappa shape index (κ2) is 7.59. The first kappa shape index (κ1) is 16.8. The molecule has 0 aliphatic carbocycles. The first-order chi connectivity index (χ1) is 11.0. The van der Waals surface area contributed by atoms with Crippen LogP contribution in [0.25, 0.3) is 0 Å². The summed E-state index contributed by atoms with van der Waals surface area (Å²) in [6.45, 7) is 0. The summed E-state index contributed by atoms with van der Waals surface area (Å²) in [5, 5.41) is 4.62. The molecule has 120 valence electrons. The topological polar surface area (TPSA) is 96.9 Å². The summed E-state index contributed by atoms with van der Waals surface area (Å²) in [6, 6.07) is 8.41. The number of carbonyl (C=O) groups excluding carboxylic acids is 3. The van der Waals surface area contributed by atoms with Crippen LogP contribution >= 0.6 is 12.2 Å². The standard InChI is InChI=1S/C15H15N3O4S/c1-22-14(21)11(7-9-5-3-2-4-6-9)16-8-10-12(19)17-15(23)18-13(10)20/h2-6,8,10-11H,7H2,1H3,(H2,17,18,19,20,23)/t11-/m1/s1. The minimum absolute atomic E-state index is 0.0431. The zero-order valence-electron chi connectivity index (χ0n) is 12.3. The van der Waals surface area contributed by atoms with Gasteiger partial charge in [0.1, 0.15) is 0 Å². The summed E-state index contributed by atoms with van der Waals surface area (Å²) in [5.74, 6) is -2.83. The van der Waals surface area contributed by atoms with Crippen LogP contribution in [0.3, 0.4) is 0 Å². The van der Waals surface area contributed by atoms with Crippen LogP contribution in [0.2, 0.25) is 0 Å². The highest BCUT2D eigenvalue weighted by Gasteiger charge is 2.31. The molecule has 0 spiro atoms. The molecule has 1 saturated heterocycles. The number of rotatable bonds is 5. The van der Waals surface area contributed by atoms with Gasteiger partial charge in [-0.1, -0.05) is 30.3 Å². The molecular weight excluding hydrogens is 318 g/mol. The molecule has 0 radical (unpaired) electrons. The Balaban J connectivity index is 2.14. The predicted octanol–water partition coefficient (Wildman–Crippen LogP) is -0.0114. The summed E-state index contributed by atoms with van der Waals surface area (Å²) in [7, 11) is 1.26. The van der Waals surface area contributed by atoms with Crippen molar-refractivity contribution in [3.63, 3.8) is 0 Å². The molecule has 2 N–H and O–H groups in total. The fourth-order valence-electron chi connectivity index (χ4n) is 2.03. The van der Waals surface area contributed by atoms with E-state index in [9.17, 15) is 14.4 Å². The molecular formula is C15H15N3O4S. The number of amides is 2. The minimum Gasteiger partial charge on any atom is -0.467 e. The van der Waals surface area contributed by atoms with Crippen LogP contribution in [-0.4, -0.2) is 42.3 Å². The summed E-state index contributed by atoms with van der Waals surface area (Å²) in [6.07, 6.45) is 1.45. The van der Waals surface area contributed by atoms with Gasteiger partial charge < -0.3 is 15.4 Å². The molecule has 1 aliphatic heterocycles. The van der Waals surface area contributed by atoms with Crippen LogP contribution in [-0.2, 0) is 25.5 Å². The van der Waals surface area contributed by atoms with Gasteiger partial charge >= 0.3 is 5.97 Å². The molecule has 0 unspecified atom stereocenters. The van der Waals surface area contributed by atoms with Gasteiger partial charge in [-0.05, 0) is 17.8 Å². The third-order valence-corrected chi connectivity index (χ3v) is 3.40. The third-order valence-electron chi connectivity index (χ3n) is 3.20. The van der Waals surface area contributed by atoms with E-state index in [-0.39, 0.29) is 5.11 Å². The molecule has 8 heteroatoms. The van der Waals surface area contributed by atoms with Crippen LogP contribution < -0.4 is 10.6 Å². The van der Waals surface area contributed by atoms with Gasteiger partial charge in [0.15, 0.2) is 17.1 Å². The lowest BCUT2D eigenvalue weighted by atomic mass is 10.1. The molecule has 1 heterocycles. The van der Waals surface area contributed by atoms with Gasteiger partial charge in [0.2, 0.25) is 11.8 Å². The maximum absolute atomic E-state index is 11.8. The number of thiocarbonyl (C=S) groups is 1. The van der Waals surface area contributed by atoms with Crippen molar-refractivity contribution in [1.82, 2.24) is 10.6 Å². The van der Waals surface area contributed by atoms with Crippen molar-refractivity contribution in [3.05, 3.63) is 35.9 Å². The maximum Gasteiger partial charge on any atom is 0.330 e. The Morgan fingerprint density at radius 2 is 1.91 bits per heavy atom. The number of aliphatic imine (C=N–C) groups is 1. The highest BCUT2D eigenvalue weighted by Crippen LogP contribution is 2.09. The number of nitrogens with zero attached hydrogens (tertiary/aromatic N) is 1. The molecule has 1 atom stereocenters. The zero-order chi connectivity index (χ0) is 16.8. The number of carbonyl (C=O) groups is 3. The van der Waals surface area contributed by atoms with E-state index in [1.54, 1.807) is 0 Å². The van der Waals surface area contributed by atoms with E-state index in [1.807, 2.05) is 30.3 Å². The van der Waals surface area contributed by atoms with Crippen molar-refractivity contribution in [1.29, 1.82) is 0 Å². The average molecular weight is 333 g/mol. The molecule has 1 aromatic carbocycles. The van der Waals surface area contributed by atoms with E-state index in [1.165, 1.54) is 7.11 Å².